The van der Waals surface area contributed by atoms with Crippen LogP contribution >= 0.6 is 0 Å². The number of hydrogen-bond acceptors (Lipinski definition) is 5. The van der Waals surface area contributed by atoms with Crippen molar-refractivity contribution < 1.29 is 9.72 Å². The van der Waals surface area contributed by atoms with Gasteiger partial charge in [0.15, 0.2) is 0 Å². The SMILES string of the molecule is CN(C)C(=O)NCCNc1cc(C#N)ccc1[N+](=O)[O-]. The van der Waals surface area contributed by atoms with Crippen molar-refractivity contribution in [1.29, 1.82) is 5.26 Å². The summed E-state index contributed by atoms with van der Waals surface area (Å²) in [5, 5.41) is 25.1. The van der Waals surface area contributed by atoms with Crippen LogP contribution in [0.25, 0.3) is 0 Å². The molecular weight excluding hydrogens is 262 g/mol. The number of benzene rings is 1. The second kappa shape index (κ2) is 6.94. The molecule has 106 valence electrons. The Morgan fingerprint density at radius 2 is 2.15 bits per heavy atom. The summed E-state index contributed by atoms with van der Waals surface area (Å²) in [5.74, 6) is 0. The number of amides is 2. The van der Waals surface area contributed by atoms with E-state index in [0.717, 1.165) is 0 Å². The summed E-state index contributed by atoms with van der Waals surface area (Å²) in [7, 11) is 3.23. The average molecular weight is 277 g/mol. The second-order valence-electron chi connectivity index (χ2n) is 4.15. The molecule has 0 aliphatic carbocycles. The minimum atomic E-state index is -0.526. The first kappa shape index (κ1) is 15.2. The van der Waals surface area contributed by atoms with E-state index in [0.29, 0.717) is 18.7 Å². The molecule has 1 rings (SSSR count). The summed E-state index contributed by atoms with van der Waals surface area (Å²) in [5.41, 5.74) is 0.478. The highest BCUT2D eigenvalue weighted by Crippen LogP contribution is 2.24. The fourth-order valence-electron chi connectivity index (χ4n) is 1.43. The van der Waals surface area contributed by atoms with Gasteiger partial charge in [0.25, 0.3) is 5.69 Å². The number of nitrogens with zero attached hydrogens (tertiary/aromatic N) is 3. The average Bonchev–Trinajstić information content (AvgIpc) is 2.42. The highest BCUT2D eigenvalue weighted by molar-refractivity contribution is 5.73. The zero-order valence-electron chi connectivity index (χ0n) is 11.2. The molecule has 0 saturated carbocycles. The predicted molar refractivity (Wildman–Crippen MR) is 73.4 cm³/mol. The molecule has 0 heterocycles. The summed E-state index contributed by atoms with van der Waals surface area (Å²) >= 11 is 0. The van der Waals surface area contributed by atoms with E-state index in [9.17, 15) is 14.9 Å². The maximum atomic E-state index is 11.3. The predicted octanol–water partition coefficient (Wildman–Crippen LogP) is 1.15. The molecule has 2 amide bonds. The number of hydrogen-bond donors (Lipinski definition) is 2. The van der Waals surface area contributed by atoms with Crippen LogP contribution in [0.5, 0.6) is 0 Å². The van der Waals surface area contributed by atoms with Crippen molar-refractivity contribution in [2.24, 2.45) is 0 Å². The molecule has 0 aliphatic rings. The van der Waals surface area contributed by atoms with Crippen LogP contribution in [-0.4, -0.2) is 43.0 Å². The molecule has 20 heavy (non-hydrogen) atoms. The summed E-state index contributed by atoms with van der Waals surface area (Å²) in [6.07, 6.45) is 0. The number of carbonyl (C=O) groups is 1. The number of rotatable bonds is 5. The largest absolute Gasteiger partial charge is 0.378 e. The normalized spacial score (nSPS) is 9.45. The van der Waals surface area contributed by atoms with Crippen molar-refractivity contribution in [3.63, 3.8) is 0 Å². The number of nitro groups is 1. The molecule has 8 heteroatoms. The Morgan fingerprint density at radius 3 is 2.70 bits per heavy atom. The van der Waals surface area contributed by atoms with E-state index in [2.05, 4.69) is 10.6 Å². The summed E-state index contributed by atoms with van der Waals surface area (Å²) in [6.45, 7) is 0.625. The quantitative estimate of drug-likeness (QED) is 0.476. The van der Waals surface area contributed by atoms with Gasteiger partial charge in [0.05, 0.1) is 16.6 Å². The third kappa shape index (κ3) is 4.13. The van der Waals surface area contributed by atoms with Crippen molar-refractivity contribution in [2.45, 2.75) is 0 Å². The minimum absolute atomic E-state index is 0.108. The van der Waals surface area contributed by atoms with Crippen LogP contribution < -0.4 is 10.6 Å². The van der Waals surface area contributed by atoms with E-state index < -0.39 is 4.92 Å². The second-order valence-corrected chi connectivity index (χ2v) is 4.15. The van der Waals surface area contributed by atoms with E-state index in [1.165, 1.54) is 23.1 Å². The third-order valence-electron chi connectivity index (χ3n) is 2.45. The van der Waals surface area contributed by atoms with Gasteiger partial charge in [0, 0.05) is 33.3 Å². The lowest BCUT2D eigenvalue weighted by Crippen LogP contribution is -2.37. The maximum absolute atomic E-state index is 11.3. The molecular formula is C12H15N5O3. The maximum Gasteiger partial charge on any atom is 0.316 e. The first-order valence-electron chi connectivity index (χ1n) is 5.83. The molecule has 0 saturated heterocycles. The summed E-state index contributed by atoms with van der Waals surface area (Å²) in [6, 6.07) is 5.75. The van der Waals surface area contributed by atoms with Crippen LogP contribution in [0.4, 0.5) is 16.2 Å². The van der Waals surface area contributed by atoms with Gasteiger partial charge >= 0.3 is 6.03 Å². The molecule has 0 spiro atoms. The van der Waals surface area contributed by atoms with Gasteiger partial charge in [-0.1, -0.05) is 0 Å². The van der Waals surface area contributed by atoms with E-state index in [1.807, 2.05) is 6.07 Å². The topological polar surface area (TPSA) is 111 Å². The van der Waals surface area contributed by atoms with Crippen molar-refractivity contribution >= 4 is 17.4 Å². The Bertz CT molecular complexity index is 551. The summed E-state index contributed by atoms with van der Waals surface area (Å²) in [4.78, 5) is 23.0. The van der Waals surface area contributed by atoms with Crippen molar-refractivity contribution in [3.05, 3.63) is 33.9 Å². The van der Waals surface area contributed by atoms with Gasteiger partial charge in [-0.15, -0.1) is 0 Å². The highest BCUT2D eigenvalue weighted by atomic mass is 16.6. The molecule has 0 unspecified atom stereocenters. The Labute approximate surface area is 116 Å². The lowest BCUT2D eigenvalue weighted by Gasteiger charge is -2.12. The van der Waals surface area contributed by atoms with Crippen LogP contribution in [0.15, 0.2) is 18.2 Å². The van der Waals surface area contributed by atoms with E-state index in [4.69, 9.17) is 5.26 Å². The zero-order valence-corrected chi connectivity index (χ0v) is 11.2. The van der Waals surface area contributed by atoms with Gasteiger partial charge in [-0.3, -0.25) is 10.1 Å². The van der Waals surface area contributed by atoms with Gasteiger partial charge in [-0.05, 0) is 12.1 Å². The van der Waals surface area contributed by atoms with Gasteiger partial charge in [0.2, 0.25) is 0 Å². The minimum Gasteiger partial charge on any atom is -0.378 e. The smallest absolute Gasteiger partial charge is 0.316 e. The molecule has 8 nitrogen and oxygen atoms in total. The molecule has 0 bridgehead atoms. The number of carbonyl (C=O) groups excluding carboxylic acids is 1. The number of nitriles is 1. The fourth-order valence-corrected chi connectivity index (χ4v) is 1.43. The first-order valence-corrected chi connectivity index (χ1v) is 5.83. The molecule has 2 N–H and O–H groups in total. The van der Waals surface area contributed by atoms with Crippen LogP contribution in [0.2, 0.25) is 0 Å². The van der Waals surface area contributed by atoms with Crippen LogP contribution in [0.1, 0.15) is 5.56 Å². The lowest BCUT2D eigenvalue weighted by molar-refractivity contribution is -0.384. The van der Waals surface area contributed by atoms with Gasteiger partial charge in [-0.25, -0.2) is 4.79 Å². The fraction of sp³-hybridized carbons (Fsp3) is 0.333. The Morgan fingerprint density at radius 1 is 1.45 bits per heavy atom. The van der Waals surface area contributed by atoms with Gasteiger partial charge in [0.1, 0.15) is 5.69 Å². The Balaban J connectivity index is 2.65. The molecule has 0 radical (unpaired) electrons. The monoisotopic (exact) mass is 277 g/mol. The molecule has 0 fully saturated rings. The van der Waals surface area contributed by atoms with E-state index >= 15 is 0 Å². The lowest BCUT2D eigenvalue weighted by atomic mass is 10.2. The first-order chi connectivity index (χ1) is 9.45. The number of nitrogens with one attached hydrogen (secondary N) is 2. The van der Waals surface area contributed by atoms with Crippen LogP contribution in [0, 0.1) is 21.4 Å². The number of anilines is 1. The van der Waals surface area contributed by atoms with Crippen molar-refractivity contribution in [2.75, 3.05) is 32.5 Å². The van der Waals surface area contributed by atoms with Crippen molar-refractivity contribution in [1.82, 2.24) is 10.2 Å². The summed E-state index contributed by atoms with van der Waals surface area (Å²) < 4.78 is 0. The van der Waals surface area contributed by atoms with Crippen LogP contribution in [0.3, 0.4) is 0 Å². The van der Waals surface area contributed by atoms with E-state index in [1.54, 1.807) is 14.1 Å². The standard InChI is InChI=1S/C12H15N5O3/c1-16(2)12(18)15-6-5-14-10-7-9(8-13)3-4-11(10)17(19)20/h3-4,7,14H,5-6H2,1-2H3,(H,15,18). The molecule has 0 atom stereocenters. The molecule has 0 aromatic heterocycles. The number of urea groups is 1. The zero-order chi connectivity index (χ0) is 15.1. The highest BCUT2D eigenvalue weighted by Gasteiger charge is 2.13. The van der Waals surface area contributed by atoms with Gasteiger partial charge < -0.3 is 15.5 Å². The van der Waals surface area contributed by atoms with Gasteiger partial charge in [-0.2, -0.15) is 5.26 Å². The number of nitro benzene ring substituents is 1. The van der Waals surface area contributed by atoms with Crippen LogP contribution in [-0.2, 0) is 0 Å². The Kier molecular flexibility index (Phi) is 5.29. The van der Waals surface area contributed by atoms with Crippen molar-refractivity contribution in [3.8, 4) is 6.07 Å². The Hall–Kier alpha value is -2.82. The molecule has 1 aromatic rings. The molecule has 1 aromatic carbocycles. The van der Waals surface area contributed by atoms with E-state index in [-0.39, 0.29) is 17.4 Å². The third-order valence-corrected chi connectivity index (χ3v) is 2.45. The molecule has 0 aliphatic heterocycles.